The Labute approximate surface area is 216 Å². The number of ether oxygens (including phenoxy) is 2. The molecule has 1 amide bonds. The zero-order valence-corrected chi connectivity index (χ0v) is 20.4. The van der Waals surface area contributed by atoms with Gasteiger partial charge in [-0.15, -0.1) is 0 Å². The van der Waals surface area contributed by atoms with Crippen LogP contribution in [0, 0.1) is 0 Å². The van der Waals surface area contributed by atoms with Crippen molar-refractivity contribution in [2.45, 2.75) is 56.3 Å². The first-order chi connectivity index (χ1) is 17.7. The van der Waals surface area contributed by atoms with Crippen molar-refractivity contribution in [2.24, 2.45) is 0 Å². The summed E-state index contributed by atoms with van der Waals surface area (Å²) in [6, 6.07) is 17.6. The minimum Gasteiger partial charge on any atom is -0.446 e. The van der Waals surface area contributed by atoms with E-state index in [1.54, 1.807) is 18.2 Å². The Morgan fingerprint density at radius 2 is 1.78 bits per heavy atom. The number of carbonyl (C=O) groups excluding carboxylic acids is 1. The van der Waals surface area contributed by atoms with Crippen LogP contribution in [0.15, 0.2) is 72.9 Å². The summed E-state index contributed by atoms with van der Waals surface area (Å²) in [4.78, 5) is 17.6. The number of aromatic nitrogens is 1. The Morgan fingerprint density at radius 1 is 1.05 bits per heavy atom. The van der Waals surface area contributed by atoms with E-state index in [0.29, 0.717) is 10.7 Å². The predicted molar refractivity (Wildman–Crippen MR) is 130 cm³/mol. The Kier molecular flexibility index (Phi) is 8.22. The van der Waals surface area contributed by atoms with Gasteiger partial charge in [0.1, 0.15) is 17.4 Å². The van der Waals surface area contributed by atoms with Crippen LogP contribution < -0.4 is 10.1 Å². The maximum atomic E-state index is 13.7. The molecule has 1 aromatic heterocycles. The van der Waals surface area contributed by atoms with E-state index in [4.69, 9.17) is 16.3 Å². The van der Waals surface area contributed by atoms with Crippen LogP contribution >= 0.6 is 11.6 Å². The van der Waals surface area contributed by atoms with E-state index in [1.165, 1.54) is 18.3 Å². The lowest BCUT2D eigenvalue weighted by atomic mass is 9.80. The number of nitrogens with one attached hydrogen (secondary N) is 1. The van der Waals surface area contributed by atoms with Crippen LogP contribution in [0.5, 0.6) is 5.75 Å². The Bertz CT molecular complexity index is 1190. The van der Waals surface area contributed by atoms with Gasteiger partial charge in [0.15, 0.2) is 0 Å². The summed E-state index contributed by atoms with van der Waals surface area (Å²) in [5.74, 6) is -0.500. The third kappa shape index (κ3) is 6.52. The molecule has 0 spiro atoms. The van der Waals surface area contributed by atoms with Crippen LogP contribution in [0.25, 0.3) is 0 Å². The SMILES string of the molecule is O=C(N[C@](Cc1ccccc1)(c1cccc(OC(F)(F)C(F)F)c1)c1ccc(Cl)cn1)OC1CCCC1. The lowest BCUT2D eigenvalue weighted by molar-refractivity contribution is -0.253. The van der Waals surface area contributed by atoms with Crippen molar-refractivity contribution in [1.29, 1.82) is 0 Å². The number of hydrogen-bond acceptors (Lipinski definition) is 4. The van der Waals surface area contributed by atoms with Crippen LogP contribution in [0.1, 0.15) is 42.5 Å². The molecule has 0 unspecified atom stereocenters. The number of amides is 1. The average molecular weight is 537 g/mol. The zero-order valence-electron chi connectivity index (χ0n) is 19.7. The standard InChI is InChI=1S/C27H25ClF4N2O3/c28-20-13-14-23(33-17-20)26(16-18-7-2-1-3-8-18,34-25(35)36-21-10-4-5-11-21)19-9-6-12-22(15-19)37-27(31,32)24(29)30/h1-3,6-9,12-15,17,21,24H,4-5,10-11,16H2,(H,34,35)/t26-/m1/s1. The third-order valence-electron chi connectivity index (χ3n) is 6.20. The van der Waals surface area contributed by atoms with Gasteiger partial charge in [0.25, 0.3) is 0 Å². The highest BCUT2D eigenvalue weighted by molar-refractivity contribution is 6.30. The summed E-state index contributed by atoms with van der Waals surface area (Å²) in [5.41, 5.74) is -0.0511. The quantitative estimate of drug-likeness (QED) is 0.296. The summed E-state index contributed by atoms with van der Waals surface area (Å²) >= 11 is 6.07. The molecule has 1 N–H and O–H groups in total. The van der Waals surface area contributed by atoms with Gasteiger partial charge in [-0.25, -0.2) is 4.79 Å². The molecule has 1 heterocycles. The molecule has 4 rings (SSSR count). The highest BCUT2D eigenvalue weighted by Gasteiger charge is 2.45. The van der Waals surface area contributed by atoms with Crippen molar-refractivity contribution in [2.75, 3.05) is 0 Å². The fraction of sp³-hybridized carbons (Fsp3) is 0.333. The number of pyridine rings is 1. The van der Waals surface area contributed by atoms with Gasteiger partial charge in [-0.3, -0.25) is 4.98 Å². The molecule has 5 nitrogen and oxygen atoms in total. The molecule has 2 aromatic carbocycles. The maximum Gasteiger partial charge on any atom is 0.461 e. The van der Waals surface area contributed by atoms with Crippen molar-refractivity contribution in [1.82, 2.24) is 10.3 Å². The first kappa shape index (κ1) is 26.7. The number of hydrogen-bond donors (Lipinski definition) is 1. The minimum atomic E-state index is -4.70. The summed E-state index contributed by atoms with van der Waals surface area (Å²) in [6.45, 7) is 0. The van der Waals surface area contributed by atoms with Crippen LogP contribution in [0.2, 0.25) is 5.02 Å². The molecule has 1 saturated carbocycles. The lowest BCUT2D eigenvalue weighted by Gasteiger charge is -2.35. The van der Waals surface area contributed by atoms with Gasteiger partial charge in [-0.2, -0.15) is 17.6 Å². The number of carbonyl (C=O) groups is 1. The molecule has 1 atom stereocenters. The molecule has 3 aromatic rings. The van der Waals surface area contributed by atoms with Gasteiger partial charge in [-0.1, -0.05) is 54.1 Å². The largest absolute Gasteiger partial charge is 0.461 e. The normalized spacial score (nSPS) is 15.8. The first-order valence-electron chi connectivity index (χ1n) is 11.8. The Hall–Kier alpha value is -3.33. The first-order valence-corrected chi connectivity index (χ1v) is 12.2. The van der Waals surface area contributed by atoms with E-state index >= 15 is 0 Å². The van der Waals surface area contributed by atoms with E-state index in [0.717, 1.165) is 37.3 Å². The van der Waals surface area contributed by atoms with Gasteiger partial charge < -0.3 is 14.8 Å². The fourth-order valence-electron chi connectivity index (χ4n) is 4.44. The van der Waals surface area contributed by atoms with Gasteiger partial charge in [0.2, 0.25) is 0 Å². The van der Waals surface area contributed by atoms with Crippen molar-refractivity contribution in [3.63, 3.8) is 0 Å². The van der Waals surface area contributed by atoms with Crippen molar-refractivity contribution in [3.8, 4) is 5.75 Å². The highest BCUT2D eigenvalue weighted by Crippen LogP contribution is 2.37. The van der Waals surface area contributed by atoms with Crippen LogP contribution in [0.4, 0.5) is 22.4 Å². The number of nitrogens with zero attached hydrogens (tertiary/aromatic N) is 1. The van der Waals surface area contributed by atoms with Crippen LogP contribution in [-0.2, 0) is 16.7 Å². The van der Waals surface area contributed by atoms with E-state index in [2.05, 4.69) is 15.0 Å². The van der Waals surface area contributed by atoms with E-state index in [-0.39, 0.29) is 18.1 Å². The van der Waals surface area contributed by atoms with Gasteiger partial charge in [0.05, 0.1) is 10.7 Å². The van der Waals surface area contributed by atoms with Crippen molar-refractivity contribution < 1.29 is 31.8 Å². The molecule has 0 saturated heterocycles. The van der Waals surface area contributed by atoms with Gasteiger partial charge in [-0.05, 0) is 61.1 Å². The smallest absolute Gasteiger partial charge is 0.446 e. The number of alkyl halides is 4. The molecular formula is C27H25ClF4N2O3. The van der Waals surface area contributed by atoms with Crippen molar-refractivity contribution >= 4 is 17.7 Å². The van der Waals surface area contributed by atoms with E-state index in [1.807, 2.05) is 30.3 Å². The summed E-state index contributed by atoms with van der Waals surface area (Å²) in [6.07, 6.45) is -4.78. The number of halogens is 5. The van der Waals surface area contributed by atoms with E-state index in [9.17, 15) is 22.4 Å². The lowest BCUT2D eigenvalue weighted by Crippen LogP contribution is -2.50. The molecular weight excluding hydrogens is 512 g/mol. The van der Waals surface area contributed by atoms with Crippen molar-refractivity contribution in [3.05, 3.63) is 94.8 Å². The summed E-state index contributed by atoms with van der Waals surface area (Å²) in [5, 5.41) is 3.26. The maximum absolute atomic E-state index is 13.7. The van der Waals surface area contributed by atoms with Crippen LogP contribution in [0.3, 0.4) is 0 Å². The van der Waals surface area contributed by atoms with Gasteiger partial charge in [0, 0.05) is 12.6 Å². The summed E-state index contributed by atoms with van der Waals surface area (Å²) < 4.78 is 63.1. The monoisotopic (exact) mass is 536 g/mol. The number of alkyl carbamates (subject to hydrolysis) is 1. The second-order valence-electron chi connectivity index (χ2n) is 8.86. The molecule has 1 aliphatic carbocycles. The summed E-state index contributed by atoms with van der Waals surface area (Å²) in [7, 11) is 0. The molecule has 196 valence electrons. The fourth-order valence-corrected chi connectivity index (χ4v) is 4.55. The van der Waals surface area contributed by atoms with Gasteiger partial charge >= 0.3 is 18.6 Å². The molecule has 0 radical (unpaired) electrons. The Balaban J connectivity index is 1.82. The third-order valence-corrected chi connectivity index (χ3v) is 6.43. The number of benzene rings is 2. The molecule has 1 aliphatic rings. The average Bonchev–Trinajstić information content (AvgIpc) is 3.37. The predicted octanol–water partition coefficient (Wildman–Crippen LogP) is 7.13. The second-order valence-corrected chi connectivity index (χ2v) is 9.29. The van der Waals surface area contributed by atoms with Crippen LogP contribution in [-0.4, -0.2) is 29.7 Å². The van der Waals surface area contributed by atoms with E-state index < -0.39 is 29.9 Å². The topological polar surface area (TPSA) is 60.5 Å². The molecule has 0 bridgehead atoms. The minimum absolute atomic E-state index is 0.136. The number of rotatable bonds is 9. The molecule has 37 heavy (non-hydrogen) atoms. The second kappa shape index (κ2) is 11.4. The highest BCUT2D eigenvalue weighted by atomic mass is 35.5. The molecule has 10 heteroatoms. The molecule has 0 aliphatic heterocycles. The zero-order chi connectivity index (χ0) is 26.5. The molecule has 1 fully saturated rings. The Morgan fingerprint density at radius 3 is 2.43 bits per heavy atom.